The van der Waals surface area contributed by atoms with Crippen molar-refractivity contribution >= 4 is 11.8 Å². The second kappa shape index (κ2) is 10.3. The molecule has 0 amide bonds. The van der Waals surface area contributed by atoms with E-state index in [2.05, 4.69) is 5.32 Å². The molecule has 0 radical (unpaired) electrons. The van der Waals surface area contributed by atoms with Gasteiger partial charge in [0.1, 0.15) is 18.2 Å². The van der Waals surface area contributed by atoms with E-state index in [0.717, 1.165) is 29.9 Å². The Morgan fingerprint density at radius 2 is 1.92 bits per heavy atom. The predicted molar refractivity (Wildman–Crippen MR) is 132 cm³/mol. The van der Waals surface area contributed by atoms with Crippen LogP contribution >= 0.6 is 0 Å². The van der Waals surface area contributed by atoms with Crippen molar-refractivity contribution in [3.05, 3.63) is 88.0 Å². The fourth-order valence-electron chi connectivity index (χ4n) is 5.54. The smallest absolute Gasteiger partial charge is 0.336 e. The molecule has 188 valence electrons. The quantitative estimate of drug-likeness (QED) is 0.579. The predicted octanol–water partition coefficient (Wildman–Crippen LogP) is 4.92. The number of carbonyl (C=O) groups is 2. The molecule has 0 aromatic heterocycles. The van der Waals surface area contributed by atoms with Crippen LogP contribution in [0.2, 0.25) is 0 Å². The number of benzene rings is 2. The largest absolute Gasteiger partial charge is 0.496 e. The fourth-order valence-corrected chi connectivity index (χ4v) is 5.54. The SMILES string of the molecule is COc1ccccc1[C@H]1CC(=O)C2=C(C1)NC(C)=C(C(=O)OC[C@@H]1CCCO1)[C@H]2c1ccc(F)cc1. The number of methoxy groups -OCH3 is 1. The van der Waals surface area contributed by atoms with Gasteiger partial charge in [-0.3, -0.25) is 4.79 Å². The van der Waals surface area contributed by atoms with E-state index >= 15 is 0 Å². The fraction of sp³-hybridized carbons (Fsp3) is 0.379. The van der Waals surface area contributed by atoms with Gasteiger partial charge in [0.05, 0.1) is 18.8 Å². The molecule has 7 heteroatoms. The number of allylic oxidation sites excluding steroid dienone is 3. The molecule has 0 bridgehead atoms. The lowest BCUT2D eigenvalue weighted by atomic mass is 9.71. The summed E-state index contributed by atoms with van der Waals surface area (Å²) in [6.07, 6.45) is 2.57. The Morgan fingerprint density at radius 1 is 1.14 bits per heavy atom. The molecule has 1 N–H and O–H groups in total. The lowest BCUT2D eigenvalue weighted by Gasteiger charge is -2.37. The molecule has 2 heterocycles. The standard InChI is InChI=1S/C29H30FNO5/c1-17-26(29(33)36-16-21-6-5-13-35-21)27(18-9-11-20(30)12-10-18)28-23(31-17)14-19(15-24(28)32)22-7-3-4-8-25(22)34-2/h3-4,7-12,19,21,27,31H,5-6,13-16H2,1-2H3/t19-,21+,27-/m1/s1. The Kier molecular flexibility index (Phi) is 6.92. The van der Waals surface area contributed by atoms with E-state index in [-0.39, 0.29) is 36.7 Å². The molecular weight excluding hydrogens is 461 g/mol. The first-order valence-electron chi connectivity index (χ1n) is 12.4. The molecule has 36 heavy (non-hydrogen) atoms. The molecule has 2 aromatic carbocycles. The summed E-state index contributed by atoms with van der Waals surface area (Å²) in [6.45, 7) is 2.66. The van der Waals surface area contributed by atoms with Gasteiger partial charge in [-0.2, -0.15) is 0 Å². The number of hydrogen-bond donors (Lipinski definition) is 1. The third-order valence-corrected chi connectivity index (χ3v) is 7.25. The average Bonchev–Trinajstić information content (AvgIpc) is 3.40. The van der Waals surface area contributed by atoms with Gasteiger partial charge < -0.3 is 19.5 Å². The topological polar surface area (TPSA) is 73.9 Å². The van der Waals surface area contributed by atoms with Crippen molar-refractivity contribution in [2.75, 3.05) is 20.3 Å². The van der Waals surface area contributed by atoms with Crippen LogP contribution in [0.3, 0.4) is 0 Å². The van der Waals surface area contributed by atoms with E-state index in [9.17, 15) is 14.0 Å². The third kappa shape index (κ3) is 4.67. The normalized spacial score (nSPS) is 23.9. The highest BCUT2D eigenvalue weighted by atomic mass is 19.1. The second-order valence-electron chi connectivity index (χ2n) is 9.54. The Morgan fingerprint density at radius 3 is 2.64 bits per heavy atom. The van der Waals surface area contributed by atoms with Crippen molar-refractivity contribution in [2.45, 2.75) is 50.5 Å². The number of Topliss-reactive ketones (excluding diaryl/α,β-unsaturated/α-hetero) is 1. The van der Waals surface area contributed by atoms with Crippen LogP contribution in [0.15, 0.2) is 71.1 Å². The molecule has 0 spiro atoms. The van der Waals surface area contributed by atoms with Crippen molar-refractivity contribution in [1.29, 1.82) is 0 Å². The maximum atomic E-state index is 13.8. The highest BCUT2D eigenvalue weighted by Crippen LogP contribution is 2.46. The lowest BCUT2D eigenvalue weighted by molar-refractivity contribution is -0.142. The number of carbonyl (C=O) groups excluding carboxylic acids is 2. The summed E-state index contributed by atoms with van der Waals surface area (Å²) in [6, 6.07) is 13.7. The van der Waals surface area contributed by atoms with Crippen LogP contribution in [-0.2, 0) is 19.1 Å². The van der Waals surface area contributed by atoms with Crippen LogP contribution in [0.4, 0.5) is 4.39 Å². The summed E-state index contributed by atoms with van der Waals surface area (Å²) in [4.78, 5) is 27.1. The molecule has 5 rings (SSSR count). The Bertz CT molecular complexity index is 1230. The van der Waals surface area contributed by atoms with E-state index in [0.29, 0.717) is 35.4 Å². The minimum atomic E-state index is -0.634. The summed E-state index contributed by atoms with van der Waals surface area (Å²) in [7, 11) is 1.62. The first kappa shape index (κ1) is 24.3. The molecule has 3 aliphatic rings. The molecule has 1 aliphatic carbocycles. The monoisotopic (exact) mass is 491 g/mol. The van der Waals surface area contributed by atoms with Crippen molar-refractivity contribution in [3.63, 3.8) is 0 Å². The number of ether oxygens (including phenoxy) is 3. The number of ketones is 1. The lowest BCUT2D eigenvalue weighted by Crippen LogP contribution is -2.36. The molecule has 1 saturated heterocycles. The van der Waals surface area contributed by atoms with Crippen molar-refractivity contribution in [2.24, 2.45) is 0 Å². The number of para-hydroxylation sites is 1. The van der Waals surface area contributed by atoms with E-state index in [1.54, 1.807) is 19.2 Å². The average molecular weight is 492 g/mol. The van der Waals surface area contributed by atoms with Crippen LogP contribution in [0.5, 0.6) is 5.75 Å². The Balaban J connectivity index is 1.50. The first-order valence-corrected chi connectivity index (χ1v) is 12.4. The number of nitrogens with one attached hydrogen (secondary N) is 1. The molecular formula is C29H30FNO5. The summed E-state index contributed by atoms with van der Waals surface area (Å²) >= 11 is 0. The van der Waals surface area contributed by atoms with Crippen LogP contribution in [-0.4, -0.2) is 38.2 Å². The van der Waals surface area contributed by atoms with Gasteiger partial charge in [0.2, 0.25) is 0 Å². The highest BCUT2D eigenvalue weighted by molar-refractivity contribution is 6.04. The van der Waals surface area contributed by atoms with Crippen LogP contribution < -0.4 is 10.1 Å². The number of halogens is 1. The van der Waals surface area contributed by atoms with Crippen LogP contribution in [0.1, 0.15) is 55.6 Å². The van der Waals surface area contributed by atoms with Gasteiger partial charge in [0.25, 0.3) is 0 Å². The molecule has 6 nitrogen and oxygen atoms in total. The van der Waals surface area contributed by atoms with Gasteiger partial charge in [-0.25, -0.2) is 9.18 Å². The van der Waals surface area contributed by atoms with Crippen LogP contribution in [0, 0.1) is 5.82 Å². The molecule has 2 aliphatic heterocycles. The van der Waals surface area contributed by atoms with E-state index in [1.807, 2.05) is 31.2 Å². The molecule has 2 aromatic rings. The van der Waals surface area contributed by atoms with Crippen molar-refractivity contribution in [1.82, 2.24) is 5.32 Å². The molecule has 1 fully saturated rings. The maximum Gasteiger partial charge on any atom is 0.336 e. The Labute approximate surface area is 210 Å². The summed E-state index contributed by atoms with van der Waals surface area (Å²) in [5, 5.41) is 3.35. The van der Waals surface area contributed by atoms with Gasteiger partial charge in [0.15, 0.2) is 5.78 Å². The van der Waals surface area contributed by atoms with Gasteiger partial charge in [0, 0.05) is 41.8 Å². The highest BCUT2D eigenvalue weighted by Gasteiger charge is 2.42. The molecule has 0 saturated carbocycles. The number of rotatable bonds is 6. The number of esters is 1. The van der Waals surface area contributed by atoms with Gasteiger partial charge in [-0.05, 0) is 55.5 Å². The first-order chi connectivity index (χ1) is 17.5. The zero-order valence-electron chi connectivity index (χ0n) is 20.5. The van der Waals surface area contributed by atoms with E-state index in [4.69, 9.17) is 14.2 Å². The van der Waals surface area contributed by atoms with Gasteiger partial charge >= 0.3 is 5.97 Å². The number of dihydropyridines is 1. The van der Waals surface area contributed by atoms with Gasteiger partial charge in [-0.15, -0.1) is 0 Å². The zero-order valence-corrected chi connectivity index (χ0v) is 20.5. The molecule has 0 unspecified atom stereocenters. The molecule has 3 atom stereocenters. The maximum absolute atomic E-state index is 13.8. The van der Waals surface area contributed by atoms with Gasteiger partial charge in [-0.1, -0.05) is 30.3 Å². The van der Waals surface area contributed by atoms with Crippen molar-refractivity contribution in [3.8, 4) is 5.75 Å². The van der Waals surface area contributed by atoms with Crippen LogP contribution in [0.25, 0.3) is 0 Å². The zero-order chi connectivity index (χ0) is 25.2. The number of hydrogen-bond acceptors (Lipinski definition) is 6. The third-order valence-electron chi connectivity index (χ3n) is 7.25. The van der Waals surface area contributed by atoms with Crippen molar-refractivity contribution < 1.29 is 28.2 Å². The second-order valence-corrected chi connectivity index (χ2v) is 9.54. The summed E-state index contributed by atoms with van der Waals surface area (Å²) < 4.78 is 30.6. The summed E-state index contributed by atoms with van der Waals surface area (Å²) in [5.41, 5.74) is 3.99. The van der Waals surface area contributed by atoms with E-state index < -0.39 is 11.9 Å². The minimum absolute atomic E-state index is 0.0501. The minimum Gasteiger partial charge on any atom is -0.496 e. The Hall–Kier alpha value is -3.45. The van der Waals surface area contributed by atoms with E-state index in [1.165, 1.54) is 12.1 Å². The summed E-state index contributed by atoms with van der Waals surface area (Å²) in [5.74, 6) is -0.867.